The van der Waals surface area contributed by atoms with Crippen molar-refractivity contribution >= 4 is 21.6 Å². The molecular formula is C18H22N2S. The van der Waals surface area contributed by atoms with Gasteiger partial charge in [0, 0.05) is 12.6 Å². The predicted molar refractivity (Wildman–Crippen MR) is 87.3 cm³/mol. The molecule has 3 heteroatoms. The molecule has 5 unspecified atom stereocenters. The van der Waals surface area contributed by atoms with Gasteiger partial charge in [-0.25, -0.2) is 4.98 Å². The fraction of sp³-hybridized carbons (Fsp3) is 0.611. The summed E-state index contributed by atoms with van der Waals surface area (Å²) in [4.78, 5) is 4.76. The summed E-state index contributed by atoms with van der Waals surface area (Å²) in [6, 6.07) is 9.25. The minimum atomic E-state index is 0.765. The molecule has 1 aromatic heterocycles. The van der Waals surface area contributed by atoms with Gasteiger partial charge in [0.2, 0.25) is 0 Å². The number of nitrogens with zero attached hydrogens (tertiary/aromatic N) is 1. The van der Waals surface area contributed by atoms with Crippen molar-refractivity contribution < 1.29 is 0 Å². The first-order valence-electron chi connectivity index (χ1n) is 8.46. The minimum absolute atomic E-state index is 0.765. The number of aromatic nitrogens is 1. The molecule has 3 aliphatic rings. The molecule has 3 saturated carbocycles. The maximum atomic E-state index is 4.76. The molecule has 0 spiro atoms. The normalized spacial score (nSPS) is 37.4. The van der Waals surface area contributed by atoms with Crippen molar-refractivity contribution in [1.29, 1.82) is 0 Å². The predicted octanol–water partition coefficient (Wildman–Crippen LogP) is 4.21. The average molecular weight is 298 g/mol. The van der Waals surface area contributed by atoms with Crippen LogP contribution in [0.3, 0.4) is 0 Å². The van der Waals surface area contributed by atoms with Gasteiger partial charge >= 0.3 is 0 Å². The van der Waals surface area contributed by atoms with Crippen LogP contribution in [-0.4, -0.2) is 11.0 Å². The molecule has 2 bridgehead atoms. The monoisotopic (exact) mass is 298 g/mol. The van der Waals surface area contributed by atoms with Crippen molar-refractivity contribution in [1.82, 2.24) is 10.3 Å². The van der Waals surface area contributed by atoms with Crippen LogP contribution in [0.1, 0.15) is 37.1 Å². The van der Waals surface area contributed by atoms with E-state index in [4.69, 9.17) is 4.98 Å². The summed E-state index contributed by atoms with van der Waals surface area (Å²) in [6.07, 6.45) is 7.46. The van der Waals surface area contributed by atoms with Crippen molar-refractivity contribution in [2.75, 3.05) is 0 Å². The van der Waals surface area contributed by atoms with E-state index in [1.54, 1.807) is 0 Å². The maximum absolute atomic E-state index is 4.76. The molecule has 21 heavy (non-hydrogen) atoms. The van der Waals surface area contributed by atoms with Crippen LogP contribution < -0.4 is 5.32 Å². The first kappa shape index (κ1) is 12.6. The summed E-state index contributed by atoms with van der Waals surface area (Å²) in [5.74, 6) is 4.15. The van der Waals surface area contributed by atoms with Crippen LogP contribution in [0, 0.1) is 23.7 Å². The summed E-state index contributed by atoms with van der Waals surface area (Å²) >= 11 is 1.85. The molecule has 1 aromatic carbocycles. The molecule has 2 nitrogen and oxygen atoms in total. The molecule has 3 aliphatic carbocycles. The number of nitrogens with one attached hydrogen (secondary N) is 1. The van der Waals surface area contributed by atoms with Crippen LogP contribution >= 0.6 is 11.3 Å². The van der Waals surface area contributed by atoms with Crippen LogP contribution in [-0.2, 0) is 6.54 Å². The molecule has 110 valence electrons. The highest BCUT2D eigenvalue weighted by atomic mass is 32.1. The van der Waals surface area contributed by atoms with E-state index >= 15 is 0 Å². The Morgan fingerprint density at radius 2 is 2.00 bits per heavy atom. The molecule has 5 rings (SSSR count). The van der Waals surface area contributed by atoms with Crippen molar-refractivity contribution in [3.8, 4) is 0 Å². The van der Waals surface area contributed by atoms with Gasteiger partial charge in [-0.05, 0) is 61.5 Å². The lowest BCUT2D eigenvalue weighted by Crippen LogP contribution is -2.38. The van der Waals surface area contributed by atoms with Crippen molar-refractivity contribution in [2.45, 2.75) is 44.7 Å². The van der Waals surface area contributed by atoms with E-state index < -0.39 is 0 Å². The van der Waals surface area contributed by atoms with E-state index in [1.165, 1.54) is 41.8 Å². The Labute approximate surface area is 130 Å². The maximum Gasteiger partial charge on any atom is 0.108 e. The lowest BCUT2D eigenvalue weighted by Gasteiger charge is -2.32. The number of fused-ring (bicyclic) bond motifs is 6. The van der Waals surface area contributed by atoms with Gasteiger partial charge in [-0.2, -0.15) is 0 Å². The standard InChI is InChI=1S/C18H22N2S/c1-2-7-17-15(6-1)20-18(21-17)10-19-16-9-11-8-14(16)13-5-3-4-12(11)13/h1-2,6-7,11-14,16,19H,3-5,8-10H2. The molecule has 0 saturated heterocycles. The largest absolute Gasteiger partial charge is 0.307 e. The van der Waals surface area contributed by atoms with Gasteiger partial charge in [-0.1, -0.05) is 18.6 Å². The van der Waals surface area contributed by atoms with E-state index in [1.807, 2.05) is 11.3 Å². The second-order valence-electron chi connectivity index (χ2n) is 7.22. The zero-order chi connectivity index (χ0) is 13.8. The SMILES string of the molecule is c1ccc2sc(CNC3CC4CC3C3CCCC43)nc2c1. The molecule has 3 fully saturated rings. The van der Waals surface area contributed by atoms with Crippen molar-refractivity contribution in [3.63, 3.8) is 0 Å². The topological polar surface area (TPSA) is 24.9 Å². The van der Waals surface area contributed by atoms with Crippen LogP contribution in [0.5, 0.6) is 0 Å². The van der Waals surface area contributed by atoms with Gasteiger partial charge in [0.05, 0.1) is 10.2 Å². The first-order valence-corrected chi connectivity index (χ1v) is 9.28. The molecular weight excluding hydrogens is 276 g/mol. The summed E-state index contributed by atoms with van der Waals surface area (Å²) in [5.41, 5.74) is 1.16. The van der Waals surface area contributed by atoms with Crippen LogP contribution in [0.15, 0.2) is 24.3 Å². The number of rotatable bonds is 3. The Bertz CT molecular complexity index is 631. The Hall–Kier alpha value is -0.930. The lowest BCUT2D eigenvalue weighted by atomic mass is 9.79. The van der Waals surface area contributed by atoms with Gasteiger partial charge in [-0.15, -0.1) is 11.3 Å². The number of hydrogen-bond acceptors (Lipinski definition) is 3. The van der Waals surface area contributed by atoms with Gasteiger partial charge in [-0.3, -0.25) is 0 Å². The van der Waals surface area contributed by atoms with Gasteiger partial charge in [0.15, 0.2) is 0 Å². The highest BCUT2D eigenvalue weighted by Crippen LogP contribution is 2.58. The van der Waals surface area contributed by atoms with Crippen LogP contribution in [0.25, 0.3) is 10.2 Å². The fourth-order valence-corrected chi connectivity index (χ4v) is 6.43. The van der Waals surface area contributed by atoms with E-state index in [2.05, 4.69) is 29.6 Å². The minimum Gasteiger partial charge on any atom is -0.307 e. The lowest BCUT2D eigenvalue weighted by molar-refractivity contribution is 0.208. The van der Waals surface area contributed by atoms with Crippen LogP contribution in [0.2, 0.25) is 0 Å². The molecule has 5 atom stereocenters. The van der Waals surface area contributed by atoms with Crippen molar-refractivity contribution in [2.24, 2.45) is 23.7 Å². The van der Waals surface area contributed by atoms with Crippen LogP contribution in [0.4, 0.5) is 0 Å². The molecule has 1 N–H and O–H groups in total. The quantitative estimate of drug-likeness (QED) is 0.918. The van der Waals surface area contributed by atoms with Gasteiger partial charge in [0.1, 0.15) is 5.01 Å². The van der Waals surface area contributed by atoms with E-state index in [-0.39, 0.29) is 0 Å². The van der Waals surface area contributed by atoms with Gasteiger partial charge < -0.3 is 5.32 Å². The molecule has 0 aliphatic heterocycles. The Morgan fingerprint density at radius 3 is 2.95 bits per heavy atom. The van der Waals surface area contributed by atoms with E-state index in [0.29, 0.717) is 0 Å². The van der Waals surface area contributed by atoms with Crippen molar-refractivity contribution in [3.05, 3.63) is 29.3 Å². The average Bonchev–Trinajstić information content (AvgIpc) is 3.23. The summed E-state index contributed by atoms with van der Waals surface area (Å²) in [5, 5.41) is 5.10. The molecule has 1 heterocycles. The number of para-hydroxylation sites is 1. The first-order chi connectivity index (χ1) is 10.4. The fourth-order valence-electron chi connectivity index (χ4n) is 5.52. The molecule has 2 aromatic rings. The smallest absolute Gasteiger partial charge is 0.108 e. The zero-order valence-electron chi connectivity index (χ0n) is 12.3. The molecule has 0 radical (unpaired) electrons. The summed E-state index contributed by atoms with van der Waals surface area (Å²) in [6.45, 7) is 0.963. The van der Waals surface area contributed by atoms with Gasteiger partial charge in [0.25, 0.3) is 0 Å². The number of hydrogen-bond donors (Lipinski definition) is 1. The summed E-state index contributed by atoms with van der Waals surface area (Å²) in [7, 11) is 0. The Kier molecular flexibility index (Phi) is 2.87. The second-order valence-corrected chi connectivity index (χ2v) is 8.33. The third-order valence-corrected chi connectivity index (χ3v) is 7.32. The van der Waals surface area contributed by atoms with E-state index in [9.17, 15) is 0 Å². The number of thiazole rings is 1. The third kappa shape index (κ3) is 1.97. The molecule has 0 amide bonds. The summed E-state index contributed by atoms with van der Waals surface area (Å²) < 4.78 is 1.32. The Morgan fingerprint density at radius 1 is 1.10 bits per heavy atom. The Balaban J connectivity index is 1.29. The second kappa shape index (κ2) is 4.79. The zero-order valence-corrected chi connectivity index (χ0v) is 13.1. The van der Waals surface area contributed by atoms with E-state index in [0.717, 1.165) is 41.8 Å². The number of benzene rings is 1. The highest BCUT2D eigenvalue weighted by Gasteiger charge is 2.53. The highest BCUT2D eigenvalue weighted by molar-refractivity contribution is 7.18. The third-order valence-electron chi connectivity index (χ3n) is 6.28.